The SMILES string of the molecule is CCC(CC)(c1ccc(C#CC(O)C(C)(C)C)c(C)c1)c1ccc(OC[C@@H](O)CO)c(C)c1. The van der Waals surface area contributed by atoms with Gasteiger partial charge in [0.2, 0.25) is 0 Å². The molecule has 33 heavy (non-hydrogen) atoms. The summed E-state index contributed by atoms with van der Waals surface area (Å²) in [5, 5.41) is 28.9. The highest BCUT2D eigenvalue weighted by Crippen LogP contribution is 2.41. The lowest BCUT2D eigenvalue weighted by atomic mass is 9.70. The summed E-state index contributed by atoms with van der Waals surface area (Å²) in [6.07, 6.45) is 0.326. The van der Waals surface area contributed by atoms with Crippen molar-refractivity contribution in [3.8, 4) is 17.6 Å². The molecule has 0 heterocycles. The first-order valence-corrected chi connectivity index (χ1v) is 11.8. The molecule has 0 amide bonds. The zero-order valence-corrected chi connectivity index (χ0v) is 21.2. The van der Waals surface area contributed by atoms with Crippen molar-refractivity contribution < 1.29 is 20.1 Å². The second kappa shape index (κ2) is 11.2. The Kier molecular flexibility index (Phi) is 9.14. The lowest BCUT2D eigenvalue weighted by Crippen LogP contribution is -2.26. The van der Waals surface area contributed by atoms with Gasteiger partial charge in [0.25, 0.3) is 0 Å². The number of hydrogen-bond donors (Lipinski definition) is 3. The van der Waals surface area contributed by atoms with E-state index in [4.69, 9.17) is 9.84 Å². The van der Waals surface area contributed by atoms with Crippen LogP contribution in [0.4, 0.5) is 0 Å². The molecule has 0 radical (unpaired) electrons. The van der Waals surface area contributed by atoms with Gasteiger partial charge in [0.05, 0.1) is 6.61 Å². The quantitative estimate of drug-likeness (QED) is 0.498. The molecule has 0 aliphatic rings. The lowest BCUT2D eigenvalue weighted by molar-refractivity contribution is 0.0534. The van der Waals surface area contributed by atoms with Gasteiger partial charge in [0, 0.05) is 11.0 Å². The van der Waals surface area contributed by atoms with Gasteiger partial charge in [-0.3, -0.25) is 0 Å². The molecule has 2 atom stereocenters. The Labute approximate surface area is 199 Å². The van der Waals surface area contributed by atoms with E-state index in [0.717, 1.165) is 29.5 Å². The number of ether oxygens (including phenoxy) is 1. The molecule has 2 rings (SSSR count). The van der Waals surface area contributed by atoms with E-state index in [9.17, 15) is 10.2 Å². The summed E-state index contributed by atoms with van der Waals surface area (Å²) in [6, 6.07) is 12.7. The van der Waals surface area contributed by atoms with Crippen molar-refractivity contribution in [3.63, 3.8) is 0 Å². The standard InChI is InChI=1S/C29H40O4/c1-8-29(9-2,24-13-14-26(21(4)17-24)33-19-25(31)18-30)23-12-10-22(20(3)16-23)11-15-27(32)28(5,6)7/h10,12-14,16-17,25,27,30-32H,8-9,18-19H2,1-7H3/t25-,27?/m0/s1. The summed E-state index contributed by atoms with van der Waals surface area (Å²) < 4.78 is 5.69. The molecule has 180 valence electrons. The van der Waals surface area contributed by atoms with E-state index in [1.54, 1.807) is 0 Å². The highest BCUT2D eigenvalue weighted by atomic mass is 16.5. The minimum atomic E-state index is -0.886. The van der Waals surface area contributed by atoms with Crippen molar-refractivity contribution >= 4 is 0 Å². The predicted octanol–water partition coefficient (Wildman–Crippen LogP) is 4.90. The monoisotopic (exact) mass is 452 g/mol. The molecule has 0 aromatic heterocycles. The van der Waals surface area contributed by atoms with E-state index in [-0.39, 0.29) is 24.0 Å². The van der Waals surface area contributed by atoms with Gasteiger partial charge in [0.15, 0.2) is 0 Å². The van der Waals surface area contributed by atoms with Gasteiger partial charge in [0.1, 0.15) is 24.6 Å². The number of benzene rings is 2. The largest absolute Gasteiger partial charge is 0.491 e. The maximum atomic E-state index is 10.3. The second-order valence-corrected chi connectivity index (χ2v) is 9.98. The van der Waals surface area contributed by atoms with Crippen LogP contribution >= 0.6 is 0 Å². The minimum Gasteiger partial charge on any atom is -0.491 e. The van der Waals surface area contributed by atoms with Crippen LogP contribution in [0.1, 0.15) is 75.3 Å². The number of aryl methyl sites for hydroxylation is 2. The molecule has 0 saturated carbocycles. The average molecular weight is 453 g/mol. The van der Waals surface area contributed by atoms with Crippen LogP contribution in [-0.4, -0.2) is 40.7 Å². The van der Waals surface area contributed by atoms with Crippen LogP contribution in [-0.2, 0) is 5.41 Å². The van der Waals surface area contributed by atoms with Crippen LogP contribution in [0.2, 0.25) is 0 Å². The molecule has 0 saturated heterocycles. The van der Waals surface area contributed by atoms with Gasteiger partial charge in [-0.1, -0.05) is 70.7 Å². The van der Waals surface area contributed by atoms with Crippen molar-refractivity contribution in [2.75, 3.05) is 13.2 Å². The maximum absolute atomic E-state index is 10.3. The Morgan fingerprint density at radius 2 is 1.48 bits per heavy atom. The summed E-state index contributed by atoms with van der Waals surface area (Å²) >= 11 is 0. The van der Waals surface area contributed by atoms with Gasteiger partial charge in [-0.15, -0.1) is 0 Å². The van der Waals surface area contributed by atoms with E-state index in [1.165, 1.54) is 11.1 Å². The molecule has 0 aliphatic heterocycles. The molecule has 2 aromatic rings. The van der Waals surface area contributed by atoms with Crippen LogP contribution in [0.25, 0.3) is 0 Å². The Bertz CT molecular complexity index is 987. The molecule has 3 N–H and O–H groups in total. The number of rotatable bonds is 8. The van der Waals surface area contributed by atoms with E-state index in [2.05, 4.69) is 62.9 Å². The Morgan fingerprint density at radius 1 is 0.909 bits per heavy atom. The van der Waals surface area contributed by atoms with Gasteiger partial charge < -0.3 is 20.1 Å². The summed E-state index contributed by atoms with van der Waals surface area (Å²) in [5.41, 5.74) is 5.09. The van der Waals surface area contributed by atoms with Gasteiger partial charge in [-0.2, -0.15) is 0 Å². The van der Waals surface area contributed by atoms with Crippen molar-refractivity contribution in [1.29, 1.82) is 0 Å². The van der Waals surface area contributed by atoms with Gasteiger partial charge in [-0.25, -0.2) is 0 Å². The summed E-state index contributed by atoms with van der Waals surface area (Å²) in [6.45, 7) is 14.2. The van der Waals surface area contributed by atoms with Crippen LogP contribution in [0, 0.1) is 31.1 Å². The molecule has 0 fully saturated rings. The van der Waals surface area contributed by atoms with Crippen LogP contribution in [0.3, 0.4) is 0 Å². The molecule has 0 bridgehead atoms. The summed E-state index contributed by atoms with van der Waals surface area (Å²) in [5.74, 6) is 6.87. The molecule has 0 aliphatic carbocycles. The Hall–Kier alpha value is -2.32. The number of hydrogen-bond acceptors (Lipinski definition) is 4. The Balaban J connectivity index is 2.40. The third kappa shape index (κ3) is 6.38. The first kappa shape index (κ1) is 26.9. The second-order valence-electron chi connectivity index (χ2n) is 9.98. The van der Waals surface area contributed by atoms with E-state index >= 15 is 0 Å². The van der Waals surface area contributed by atoms with E-state index in [0.29, 0.717) is 5.75 Å². The van der Waals surface area contributed by atoms with Crippen LogP contribution < -0.4 is 4.74 Å². The van der Waals surface area contributed by atoms with Crippen molar-refractivity contribution in [2.24, 2.45) is 5.41 Å². The zero-order valence-electron chi connectivity index (χ0n) is 21.2. The van der Waals surface area contributed by atoms with Crippen molar-refractivity contribution in [1.82, 2.24) is 0 Å². The smallest absolute Gasteiger partial charge is 0.122 e. The molecule has 4 heteroatoms. The van der Waals surface area contributed by atoms with Crippen LogP contribution in [0.5, 0.6) is 5.75 Å². The fourth-order valence-electron chi connectivity index (χ4n) is 4.05. The highest BCUT2D eigenvalue weighted by molar-refractivity contribution is 5.50. The average Bonchev–Trinajstić information content (AvgIpc) is 2.78. The molecular formula is C29H40O4. The molecular weight excluding hydrogens is 412 g/mol. The fraction of sp³-hybridized carbons (Fsp3) is 0.517. The van der Waals surface area contributed by atoms with Gasteiger partial charge >= 0.3 is 0 Å². The zero-order chi connectivity index (χ0) is 24.8. The molecule has 0 spiro atoms. The van der Waals surface area contributed by atoms with Gasteiger partial charge in [-0.05, 0) is 66.5 Å². The van der Waals surface area contributed by atoms with E-state index < -0.39 is 12.2 Å². The lowest BCUT2D eigenvalue weighted by Gasteiger charge is -2.34. The first-order valence-electron chi connectivity index (χ1n) is 11.8. The molecule has 2 aromatic carbocycles. The molecule has 1 unspecified atom stereocenters. The predicted molar refractivity (Wildman–Crippen MR) is 135 cm³/mol. The Morgan fingerprint density at radius 3 is 1.97 bits per heavy atom. The van der Waals surface area contributed by atoms with E-state index in [1.807, 2.05) is 33.8 Å². The third-order valence-electron chi connectivity index (χ3n) is 6.52. The van der Waals surface area contributed by atoms with Crippen LogP contribution in [0.15, 0.2) is 36.4 Å². The van der Waals surface area contributed by atoms with Crippen molar-refractivity contribution in [3.05, 3.63) is 64.2 Å². The molecule has 4 nitrogen and oxygen atoms in total. The highest BCUT2D eigenvalue weighted by Gasteiger charge is 2.31. The normalized spacial score (nSPS) is 13.8. The fourth-order valence-corrected chi connectivity index (χ4v) is 4.05. The third-order valence-corrected chi connectivity index (χ3v) is 6.52. The van der Waals surface area contributed by atoms with Crippen molar-refractivity contribution in [2.45, 2.75) is 78.9 Å². The summed E-state index contributed by atoms with van der Waals surface area (Å²) in [7, 11) is 0. The number of aliphatic hydroxyl groups is 3. The maximum Gasteiger partial charge on any atom is 0.122 e. The number of aliphatic hydroxyl groups excluding tert-OH is 3. The summed E-state index contributed by atoms with van der Waals surface area (Å²) in [4.78, 5) is 0. The first-order chi connectivity index (χ1) is 15.5. The minimum absolute atomic E-state index is 0.0645. The topological polar surface area (TPSA) is 69.9 Å².